The second-order valence-electron chi connectivity index (χ2n) is 5.40. The fourth-order valence-corrected chi connectivity index (χ4v) is 4.59. The van der Waals surface area contributed by atoms with E-state index in [9.17, 15) is 13.5 Å². The van der Waals surface area contributed by atoms with Crippen molar-refractivity contribution in [2.24, 2.45) is 5.92 Å². The largest absolute Gasteiger partial charge is 0.393 e. The first-order valence-electron chi connectivity index (χ1n) is 6.88. The molecule has 0 spiro atoms. The van der Waals surface area contributed by atoms with Crippen molar-refractivity contribution >= 4 is 9.84 Å². The van der Waals surface area contributed by atoms with Crippen LogP contribution >= 0.6 is 0 Å². The molecule has 0 saturated carbocycles. The molecule has 2 atom stereocenters. The van der Waals surface area contributed by atoms with E-state index >= 15 is 0 Å². The molecular formula is C13H22N2O3S. The Morgan fingerprint density at radius 2 is 2.37 bits per heavy atom. The number of aromatic nitrogens is 2. The van der Waals surface area contributed by atoms with Gasteiger partial charge in [-0.3, -0.25) is 0 Å². The van der Waals surface area contributed by atoms with Gasteiger partial charge in [0.2, 0.25) is 0 Å². The zero-order valence-electron chi connectivity index (χ0n) is 11.3. The zero-order valence-corrected chi connectivity index (χ0v) is 12.1. The fourth-order valence-electron chi connectivity index (χ4n) is 2.71. The normalized spacial score (nSPS) is 23.6. The number of imidazole rings is 1. The van der Waals surface area contributed by atoms with Gasteiger partial charge < -0.3 is 9.67 Å². The van der Waals surface area contributed by atoms with Gasteiger partial charge in [-0.05, 0) is 25.2 Å². The smallest absolute Gasteiger partial charge is 0.150 e. The summed E-state index contributed by atoms with van der Waals surface area (Å²) in [7, 11) is -2.85. The highest BCUT2D eigenvalue weighted by Crippen LogP contribution is 2.23. The van der Waals surface area contributed by atoms with Gasteiger partial charge in [-0.2, -0.15) is 0 Å². The van der Waals surface area contributed by atoms with Crippen LogP contribution in [0.2, 0.25) is 0 Å². The number of hydrogen-bond acceptors (Lipinski definition) is 4. The number of aliphatic hydroxyl groups excluding tert-OH is 1. The quantitative estimate of drug-likeness (QED) is 0.847. The molecule has 1 N–H and O–H groups in total. The SMILES string of the molecule is CCCn1ccnc1CC(O)CC1CCS(=O)(=O)C1. The molecule has 0 radical (unpaired) electrons. The Hall–Kier alpha value is -0.880. The molecule has 2 unspecified atom stereocenters. The number of nitrogens with zero attached hydrogens (tertiary/aromatic N) is 2. The molecule has 0 bridgehead atoms. The highest BCUT2D eigenvalue weighted by Gasteiger charge is 2.29. The Balaban J connectivity index is 1.87. The summed E-state index contributed by atoms with van der Waals surface area (Å²) in [5.41, 5.74) is 0. The second kappa shape index (κ2) is 6.05. The van der Waals surface area contributed by atoms with Crippen molar-refractivity contribution in [3.05, 3.63) is 18.2 Å². The van der Waals surface area contributed by atoms with Crippen LogP contribution in [0.15, 0.2) is 12.4 Å². The van der Waals surface area contributed by atoms with Gasteiger partial charge in [-0.1, -0.05) is 6.92 Å². The Morgan fingerprint density at radius 3 is 3.00 bits per heavy atom. The van der Waals surface area contributed by atoms with Crippen molar-refractivity contribution in [3.63, 3.8) is 0 Å². The third-order valence-electron chi connectivity index (χ3n) is 3.62. The van der Waals surface area contributed by atoms with Crippen LogP contribution in [0.1, 0.15) is 32.0 Å². The highest BCUT2D eigenvalue weighted by atomic mass is 32.2. The van der Waals surface area contributed by atoms with Crippen molar-refractivity contribution in [1.82, 2.24) is 9.55 Å². The van der Waals surface area contributed by atoms with Gasteiger partial charge in [-0.25, -0.2) is 13.4 Å². The van der Waals surface area contributed by atoms with Crippen molar-refractivity contribution in [1.29, 1.82) is 0 Å². The van der Waals surface area contributed by atoms with Gasteiger partial charge in [0.25, 0.3) is 0 Å². The van der Waals surface area contributed by atoms with Crippen LogP contribution in [0.4, 0.5) is 0 Å². The number of hydrogen-bond donors (Lipinski definition) is 1. The van der Waals surface area contributed by atoms with E-state index in [1.807, 2.05) is 6.20 Å². The van der Waals surface area contributed by atoms with Crippen molar-refractivity contribution in [2.75, 3.05) is 11.5 Å². The molecule has 1 aliphatic heterocycles. The first-order valence-corrected chi connectivity index (χ1v) is 8.71. The summed E-state index contributed by atoms with van der Waals surface area (Å²) in [6.07, 6.45) is 5.94. The fraction of sp³-hybridized carbons (Fsp3) is 0.769. The summed E-state index contributed by atoms with van der Waals surface area (Å²) in [6, 6.07) is 0. The van der Waals surface area contributed by atoms with E-state index in [2.05, 4.69) is 16.5 Å². The molecule has 2 rings (SSSR count). The molecule has 2 heterocycles. The molecule has 1 fully saturated rings. The van der Waals surface area contributed by atoms with Crippen LogP contribution in [0.5, 0.6) is 0 Å². The first kappa shape index (κ1) is 14.5. The molecule has 1 aromatic rings. The summed E-state index contributed by atoms with van der Waals surface area (Å²) < 4.78 is 24.8. The standard InChI is InChI=1S/C13H22N2O3S/c1-2-5-15-6-4-14-13(15)9-12(16)8-11-3-7-19(17,18)10-11/h4,6,11-12,16H,2-3,5,7-10H2,1H3. The summed E-state index contributed by atoms with van der Waals surface area (Å²) in [6.45, 7) is 3.00. The molecule has 1 saturated heterocycles. The van der Waals surface area contributed by atoms with Gasteiger partial charge in [0.15, 0.2) is 9.84 Å². The molecule has 0 aromatic carbocycles. The van der Waals surface area contributed by atoms with Gasteiger partial charge in [0.05, 0.1) is 17.6 Å². The summed E-state index contributed by atoms with van der Waals surface area (Å²) in [5.74, 6) is 1.49. The number of rotatable bonds is 6. The lowest BCUT2D eigenvalue weighted by Crippen LogP contribution is -2.19. The van der Waals surface area contributed by atoms with E-state index in [1.165, 1.54) is 0 Å². The third kappa shape index (κ3) is 4.04. The zero-order chi connectivity index (χ0) is 13.9. The third-order valence-corrected chi connectivity index (χ3v) is 5.45. The molecule has 6 heteroatoms. The Bertz CT molecular complexity index is 510. The van der Waals surface area contributed by atoms with Gasteiger partial charge >= 0.3 is 0 Å². The van der Waals surface area contributed by atoms with E-state index in [0.29, 0.717) is 19.3 Å². The topological polar surface area (TPSA) is 72.2 Å². The molecule has 5 nitrogen and oxygen atoms in total. The minimum absolute atomic E-state index is 0.106. The van der Waals surface area contributed by atoms with Crippen molar-refractivity contribution in [2.45, 2.75) is 45.3 Å². The number of aryl methyl sites for hydroxylation is 1. The minimum atomic E-state index is -2.85. The van der Waals surface area contributed by atoms with Gasteiger partial charge in [0.1, 0.15) is 5.82 Å². The van der Waals surface area contributed by atoms with E-state index in [1.54, 1.807) is 6.20 Å². The Kier molecular flexibility index (Phi) is 4.62. The maximum absolute atomic E-state index is 11.4. The number of sulfone groups is 1. The van der Waals surface area contributed by atoms with Crippen LogP contribution in [0.3, 0.4) is 0 Å². The van der Waals surface area contributed by atoms with Gasteiger partial charge in [-0.15, -0.1) is 0 Å². The summed E-state index contributed by atoms with van der Waals surface area (Å²) in [5, 5.41) is 10.1. The predicted octanol–water partition coefficient (Wildman–Crippen LogP) is 1.02. The molecule has 0 amide bonds. The lowest BCUT2D eigenvalue weighted by molar-refractivity contribution is 0.143. The van der Waals surface area contributed by atoms with Crippen LogP contribution in [0, 0.1) is 5.92 Å². The molecule has 1 aromatic heterocycles. The maximum atomic E-state index is 11.4. The number of aliphatic hydroxyl groups is 1. The lowest BCUT2D eigenvalue weighted by Gasteiger charge is -2.15. The first-order chi connectivity index (χ1) is 9.00. The van der Waals surface area contributed by atoms with Crippen LogP contribution < -0.4 is 0 Å². The van der Waals surface area contributed by atoms with Crippen LogP contribution in [-0.4, -0.2) is 40.7 Å². The van der Waals surface area contributed by atoms with Crippen LogP contribution in [-0.2, 0) is 22.8 Å². The van der Waals surface area contributed by atoms with E-state index in [-0.39, 0.29) is 17.4 Å². The maximum Gasteiger partial charge on any atom is 0.150 e. The van der Waals surface area contributed by atoms with Crippen molar-refractivity contribution < 1.29 is 13.5 Å². The summed E-state index contributed by atoms with van der Waals surface area (Å²) >= 11 is 0. The lowest BCUT2D eigenvalue weighted by atomic mass is 9.99. The summed E-state index contributed by atoms with van der Waals surface area (Å²) in [4.78, 5) is 4.26. The molecule has 1 aliphatic rings. The van der Waals surface area contributed by atoms with E-state index in [0.717, 1.165) is 18.8 Å². The molecular weight excluding hydrogens is 264 g/mol. The average Bonchev–Trinajstić information content (AvgIpc) is 2.87. The monoisotopic (exact) mass is 286 g/mol. The highest BCUT2D eigenvalue weighted by molar-refractivity contribution is 7.91. The van der Waals surface area contributed by atoms with E-state index in [4.69, 9.17) is 0 Å². The van der Waals surface area contributed by atoms with Crippen LogP contribution in [0.25, 0.3) is 0 Å². The Labute approximate surface area is 114 Å². The van der Waals surface area contributed by atoms with Crippen molar-refractivity contribution in [3.8, 4) is 0 Å². The second-order valence-corrected chi connectivity index (χ2v) is 7.63. The molecule has 19 heavy (non-hydrogen) atoms. The Morgan fingerprint density at radius 1 is 1.58 bits per heavy atom. The van der Waals surface area contributed by atoms with Gasteiger partial charge in [0, 0.05) is 25.4 Å². The average molecular weight is 286 g/mol. The molecule has 108 valence electrons. The minimum Gasteiger partial charge on any atom is -0.393 e. The predicted molar refractivity (Wildman–Crippen MR) is 73.6 cm³/mol. The van der Waals surface area contributed by atoms with E-state index < -0.39 is 15.9 Å². The molecule has 0 aliphatic carbocycles.